The number of benzene rings is 1. The van der Waals surface area contributed by atoms with Crippen molar-refractivity contribution < 1.29 is 8.42 Å². The highest BCUT2D eigenvalue weighted by Crippen LogP contribution is 2.28. The van der Waals surface area contributed by atoms with E-state index in [1.54, 1.807) is 6.07 Å². The van der Waals surface area contributed by atoms with Crippen molar-refractivity contribution in [2.45, 2.75) is 11.8 Å². The van der Waals surface area contributed by atoms with E-state index in [2.05, 4.69) is 5.32 Å². The van der Waals surface area contributed by atoms with Gasteiger partial charge in [0.15, 0.2) is 9.84 Å². The first-order chi connectivity index (χ1) is 6.98. The lowest BCUT2D eigenvalue weighted by Gasteiger charge is -2.25. The average molecular weight is 226 g/mol. The summed E-state index contributed by atoms with van der Waals surface area (Å²) in [6.45, 7) is 0.689. The van der Waals surface area contributed by atoms with E-state index in [4.69, 9.17) is 5.73 Å². The molecule has 1 aliphatic heterocycles. The van der Waals surface area contributed by atoms with Gasteiger partial charge >= 0.3 is 0 Å². The minimum absolute atomic E-state index is 0.603. The summed E-state index contributed by atoms with van der Waals surface area (Å²) in [6, 6.07) is 5.46. The predicted octanol–water partition coefficient (Wildman–Crippen LogP) is 0.458. The van der Waals surface area contributed by atoms with E-state index in [9.17, 15) is 8.42 Å². The molecule has 1 aromatic carbocycles. The zero-order valence-corrected chi connectivity index (χ0v) is 9.34. The van der Waals surface area contributed by atoms with E-state index in [1.807, 2.05) is 12.1 Å². The highest BCUT2D eigenvalue weighted by molar-refractivity contribution is 7.90. The third-order valence-electron chi connectivity index (χ3n) is 2.60. The second-order valence-electron chi connectivity index (χ2n) is 3.87. The predicted molar refractivity (Wildman–Crippen MR) is 60.1 cm³/mol. The monoisotopic (exact) mass is 226 g/mol. The molecule has 5 heteroatoms. The lowest BCUT2D eigenvalue weighted by molar-refractivity contribution is 0.547. The molecule has 15 heavy (non-hydrogen) atoms. The fourth-order valence-corrected chi connectivity index (χ4v) is 3.02. The van der Waals surface area contributed by atoms with Crippen LogP contribution in [-0.2, 0) is 16.3 Å². The van der Waals surface area contributed by atoms with Crippen molar-refractivity contribution in [3.05, 3.63) is 29.3 Å². The van der Waals surface area contributed by atoms with E-state index < -0.39 is 15.2 Å². The van der Waals surface area contributed by atoms with Crippen molar-refractivity contribution in [1.82, 2.24) is 5.32 Å². The zero-order chi connectivity index (χ0) is 11.1. The number of hydrogen-bond acceptors (Lipinski definition) is 4. The lowest BCUT2D eigenvalue weighted by atomic mass is 10.0. The Morgan fingerprint density at radius 2 is 2.20 bits per heavy atom. The maximum atomic E-state index is 11.6. The minimum atomic E-state index is -3.12. The molecule has 0 aromatic heterocycles. The Bertz CT molecular complexity index is 482. The van der Waals surface area contributed by atoms with Crippen LogP contribution in [0.15, 0.2) is 18.2 Å². The van der Waals surface area contributed by atoms with Gasteiger partial charge in [-0.25, -0.2) is 8.42 Å². The van der Waals surface area contributed by atoms with Gasteiger partial charge in [-0.05, 0) is 29.7 Å². The molecule has 1 heterocycles. The van der Waals surface area contributed by atoms with Crippen LogP contribution in [0.3, 0.4) is 0 Å². The largest absolute Gasteiger partial charge is 0.399 e. The van der Waals surface area contributed by atoms with E-state index in [-0.39, 0.29) is 0 Å². The molecule has 1 unspecified atom stereocenters. The first-order valence-electron chi connectivity index (χ1n) is 4.79. The number of anilines is 1. The summed E-state index contributed by atoms with van der Waals surface area (Å²) >= 11 is 0. The summed E-state index contributed by atoms with van der Waals surface area (Å²) in [5.41, 5.74) is 8.13. The van der Waals surface area contributed by atoms with Crippen LogP contribution < -0.4 is 11.1 Å². The highest BCUT2D eigenvalue weighted by Gasteiger charge is 2.27. The average Bonchev–Trinajstić information content (AvgIpc) is 2.15. The van der Waals surface area contributed by atoms with Gasteiger partial charge < -0.3 is 5.73 Å². The van der Waals surface area contributed by atoms with Gasteiger partial charge in [0.05, 0.1) is 0 Å². The molecule has 1 atom stereocenters. The van der Waals surface area contributed by atoms with Crippen molar-refractivity contribution in [2.24, 2.45) is 0 Å². The maximum absolute atomic E-state index is 11.6. The molecule has 0 spiro atoms. The Morgan fingerprint density at radius 1 is 1.47 bits per heavy atom. The maximum Gasteiger partial charge on any atom is 0.167 e. The van der Waals surface area contributed by atoms with E-state index in [0.717, 1.165) is 17.5 Å². The summed E-state index contributed by atoms with van der Waals surface area (Å²) in [7, 11) is -3.12. The molecule has 2 rings (SSSR count). The molecular weight excluding hydrogens is 212 g/mol. The Morgan fingerprint density at radius 3 is 2.87 bits per heavy atom. The number of sulfone groups is 1. The number of nitrogen functional groups attached to an aromatic ring is 1. The Labute approximate surface area is 89.4 Å². The molecule has 3 N–H and O–H groups in total. The summed E-state index contributed by atoms with van der Waals surface area (Å²) in [5.74, 6) is 0. The first-order valence-corrected chi connectivity index (χ1v) is 6.74. The molecule has 0 amide bonds. The van der Waals surface area contributed by atoms with Crippen molar-refractivity contribution in [3.63, 3.8) is 0 Å². The van der Waals surface area contributed by atoms with Crippen LogP contribution in [-0.4, -0.2) is 21.2 Å². The van der Waals surface area contributed by atoms with Crippen LogP contribution in [0.4, 0.5) is 5.69 Å². The molecule has 0 saturated heterocycles. The summed E-state index contributed by atoms with van der Waals surface area (Å²) in [5, 5.41) is 2.39. The molecule has 0 radical (unpaired) electrons. The van der Waals surface area contributed by atoms with Gasteiger partial charge in [0.1, 0.15) is 5.37 Å². The van der Waals surface area contributed by atoms with Crippen LogP contribution in [0, 0.1) is 0 Å². The number of hydrogen-bond donors (Lipinski definition) is 2. The Balaban J connectivity index is 2.55. The summed E-state index contributed by atoms with van der Waals surface area (Å²) in [4.78, 5) is 0. The number of rotatable bonds is 1. The number of fused-ring (bicyclic) bond motifs is 1. The van der Waals surface area contributed by atoms with Crippen LogP contribution in [0.1, 0.15) is 16.5 Å². The quantitative estimate of drug-likeness (QED) is 0.682. The van der Waals surface area contributed by atoms with Gasteiger partial charge in [-0.1, -0.05) is 6.07 Å². The molecule has 0 saturated carbocycles. The molecule has 4 nitrogen and oxygen atoms in total. The van der Waals surface area contributed by atoms with Crippen molar-refractivity contribution in [1.29, 1.82) is 0 Å². The third-order valence-corrected chi connectivity index (χ3v) is 3.88. The van der Waals surface area contributed by atoms with E-state index >= 15 is 0 Å². The third kappa shape index (κ3) is 1.98. The molecule has 82 valence electrons. The zero-order valence-electron chi connectivity index (χ0n) is 8.53. The van der Waals surface area contributed by atoms with Gasteiger partial charge in [-0.2, -0.15) is 0 Å². The van der Waals surface area contributed by atoms with Crippen molar-refractivity contribution >= 4 is 15.5 Å². The molecule has 1 aromatic rings. The Kier molecular flexibility index (Phi) is 2.44. The fourth-order valence-electron chi connectivity index (χ4n) is 1.92. The van der Waals surface area contributed by atoms with Crippen LogP contribution in [0.2, 0.25) is 0 Å². The second kappa shape index (κ2) is 3.50. The van der Waals surface area contributed by atoms with Crippen molar-refractivity contribution in [2.75, 3.05) is 18.5 Å². The standard InChI is InChI=1S/C10H14N2O2S/c1-15(13,14)10-9-6-8(11)3-2-7(9)4-5-12-10/h2-3,6,10,12H,4-5,11H2,1H3. The fraction of sp³-hybridized carbons (Fsp3) is 0.400. The topological polar surface area (TPSA) is 72.2 Å². The molecule has 0 aliphatic carbocycles. The smallest absolute Gasteiger partial charge is 0.167 e. The van der Waals surface area contributed by atoms with Gasteiger partial charge in [0.2, 0.25) is 0 Å². The molecule has 1 aliphatic rings. The van der Waals surface area contributed by atoms with Crippen molar-refractivity contribution in [3.8, 4) is 0 Å². The van der Waals surface area contributed by atoms with Crippen LogP contribution >= 0.6 is 0 Å². The number of nitrogens with one attached hydrogen (secondary N) is 1. The van der Waals surface area contributed by atoms with E-state index in [0.29, 0.717) is 12.2 Å². The summed E-state index contributed by atoms with van der Waals surface area (Å²) < 4.78 is 23.1. The number of nitrogens with two attached hydrogens (primary N) is 1. The Hall–Kier alpha value is -1.07. The van der Waals surface area contributed by atoms with Gasteiger partial charge in [-0.3, -0.25) is 5.32 Å². The molecule has 0 fully saturated rings. The first kappa shape index (κ1) is 10.4. The van der Waals surface area contributed by atoms with E-state index in [1.165, 1.54) is 6.26 Å². The SMILES string of the molecule is CS(=O)(=O)C1NCCc2ccc(N)cc21. The van der Waals surface area contributed by atoms with Gasteiger partial charge in [0.25, 0.3) is 0 Å². The van der Waals surface area contributed by atoms with Gasteiger partial charge in [-0.15, -0.1) is 0 Å². The van der Waals surface area contributed by atoms with Gasteiger partial charge in [0, 0.05) is 18.5 Å². The van der Waals surface area contributed by atoms with Crippen LogP contribution in [0.25, 0.3) is 0 Å². The van der Waals surface area contributed by atoms with Crippen LogP contribution in [0.5, 0.6) is 0 Å². The summed E-state index contributed by atoms with van der Waals surface area (Å²) in [6.07, 6.45) is 2.09. The highest BCUT2D eigenvalue weighted by atomic mass is 32.2. The molecular formula is C10H14N2O2S. The molecule has 0 bridgehead atoms. The minimum Gasteiger partial charge on any atom is -0.399 e. The normalized spacial score (nSPS) is 21.0. The lowest BCUT2D eigenvalue weighted by Crippen LogP contribution is -2.34. The second-order valence-corrected chi connectivity index (χ2v) is 6.00.